The van der Waals surface area contributed by atoms with Crippen LogP contribution in [0.2, 0.25) is 10.0 Å². The molecular weight excluding hydrogens is 467 g/mol. The van der Waals surface area contributed by atoms with Gasteiger partial charge in [-0.25, -0.2) is 0 Å². The van der Waals surface area contributed by atoms with Crippen LogP contribution in [-0.4, -0.2) is 47.9 Å². The third-order valence-corrected chi connectivity index (χ3v) is 8.29. The Morgan fingerprint density at radius 3 is 2.47 bits per heavy atom. The van der Waals surface area contributed by atoms with Crippen molar-refractivity contribution in [1.82, 2.24) is 9.80 Å². The minimum Gasteiger partial charge on any atom is -0.398 e. The van der Waals surface area contributed by atoms with Crippen LogP contribution in [0, 0.1) is 11.8 Å². The van der Waals surface area contributed by atoms with Gasteiger partial charge in [0.15, 0.2) is 0 Å². The third-order valence-electron chi connectivity index (χ3n) is 7.55. The maximum Gasteiger partial charge on any atom is 0.259 e. The van der Waals surface area contributed by atoms with E-state index in [0.717, 1.165) is 51.0 Å². The molecule has 0 saturated carbocycles. The summed E-state index contributed by atoms with van der Waals surface area (Å²) in [5, 5.41) is 1.25. The first-order valence-corrected chi connectivity index (χ1v) is 12.9. The second kappa shape index (κ2) is 11.1. The topological polar surface area (TPSA) is 77.2 Å². The summed E-state index contributed by atoms with van der Waals surface area (Å²) in [7, 11) is 0. The number of piperidine rings is 2. The van der Waals surface area contributed by atoms with Gasteiger partial charge in [0.1, 0.15) is 11.8 Å². The average Bonchev–Trinajstić information content (AvgIpc) is 2.84. The minimum atomic E-state index is 0.0278. The summed E-state index contributed by atoms with van der Waals surface area (Å²) in [6.45, 7) is 6.12. The van der Waals surface area contributed by atoms with E-state index in [2.05, 4.69) is 23.6 Å². The summed E-state index contributed by atoms with van der Waals surface area (Å²) >= 11 is 12.3. The molecule has 0 aliphatic carbocycles. The van der Waals surface area contributed by atoms with Crippen LogP contribution < -0.4 is 11.5 Å². The number of nitrogen functional groups attached to an aromatic ring is 1. The Morgan fingerprint density at radius 2 is 1.82 bits per heavy atom. The molecule has 2 aromatic carbocycles. The average molecular weight is 503 g/mol. The zero-order valence-corrected chi connectivity index (χ0v) is 21.4. The number of rotatable bonds is 5. The van der Waals surface area contributed by atoms with Crippen molar-refractivity contribution in [2.45, 2.75) is 38.6 Å². The molecular formula is C27H35Cl2N4O+. The molecule has 0 radical (unpaired) electrons. The molecule has 34 heavy (non-hydrogen) atoms. The molecule has 0 spiro atoms. The lowest BCUT2D eigenvalue weighted by atomic mass is 9.81. The van der Waals surface area contributed by atoms with E-state index < -0.39 is 0 Å². The van der Waals surface area contributed by atoms with Gasteiger partial charge in [0.2, 0.25) is 0 Å². The van der Waals surface area contributed by atoms with E-state index in [9.17, 15) is 4.79 Å². The number of carbonyl (C=O) groups is 1. The highest BCUT2D eigenvalue weighted by Crippen LogP contribution is 2.32. The van der Waals surface area contributed by atoms with Gasteiger partial charge < -0.3 is 16.4 Å². The van der Waals surface area contributed by atoms with Gasteiger partial charge in [0, 0.05) is 36.9 Å². The molecule has 2 saturated heterocycles. The number of amides is 1. The van der Waals surface area contributed by atoms with E-state index in [1.165, 1.54) is 12.0 Å². The number of quaternary nitrogens is 1. The van der Waals surface area contributed by atoms with Crippen LogP contribution in [0.25, 0.3) is 5.57 Å². The molecule has 0 aromatic heterocycles. The number of benzene rings is 2. The van der Waals surface area contributed by atoms with Crippen molar-refractivity contribution in [3.05, 3.63) is 69.8 Å². The number of likely N-dealkylation sites (tertiary alicyclic amines) is 2. The van der Waals surface area contributed by atoms with Gasteiger partial charge in [-0.1, -0.05) is 54.4 Å². The van der Waals surface area contributed by atoms with Gasteiger partial charge in [-0.2, -0.15) is 0 Å². The lowest BCUT2D eigenvalue weighted by molar-refractivity contribution is -0.273. The molecule has 7 heteroatoms. The number of hydrogen-bond donors (Lipinski definition) is 2. The fourth-order valence-electron chi connectivity index (χ4n) is 5.49. The first-order chi connectivity index (χ1) is 16.4. The molecule has 182 valence electrons. The minimum absolute atomic E-state index is 0.0278. The summed E-state index contributed by atoms with van der Waals surface area (Å²) in [6, 6.07) is 14.0. The first kappa shape index (κ1) is 25.1. The largest absolute Gasteiger partial charge is 0.398 e. The van der Waals surface area contributed by atoms with Gasteiger partial charge in [0.05, 0.1) is 10.0 Å². The predicted molar refractivity (Wildman–Crippen MR) is 140 cm³/mol. The fourth-order valence-corrected chi connectivity index (χ4v) is 5.81. The smallest absolute Gasteiger partial charge is 0.259 e. The van der Waals surface area contributed by atoms with Crippen LogP contribution in [0.4, 0.5) is 5.69 Å². The molecule has 1 amide bonds. The van der Waals surface area contributed by atoms with Gasteiger partial charge in [-0.05, 0) is 67.8 Å². The van der Waals surface area contributed by atoms with Crippen molar-refractivity contribution in [2.75, 3.05) is 31.9 Å². The molecule has 2 aliphatic heterocycles. The van der Waals surface area contributed by atoms with Crippen molar-refractivity contribution >= 4 is 40.4 Å². The number of nitrogens with two attached hydrogens (primary N) is 1. The molecule has 5 nitrogen and oxygen atoms in total. The van der Waals surface area contributed by atoms with E-state index in [0.29, 0.717) is 39.2 Å². The van der Waals surface area contributed by atoms with Gasteiger partial charge in [-0.3, -0.25) is 9.69 Å². The van der Waals surface area contributed by atoms with Crippen LogP contribution in [0.3, 0.4) is 0 Å². The normalized spacial score (nSPS) is 22.7. The Labute approximate surface area is 212 Å². The number of carbonyl (C=O) groups excluding carboxylic acids is 1. The molecule has 2 fully saturated rings. The summed E-state index contributed by atoms with van der Waals surface area (Å²) in [6.07, 6.45) is 5.87. The summed E-state index contributed by atoms with van der Waals surface area (Å²) < 4.78 is 0. The lowest BCUT2D eigenvalue weighted by Crippen LogP contribution is -2.51. The van der Waals surface area contributed by atoms with E-state index in [1.54, 1.807) is 6.20 Å². The SMILES string of the molecule is CC1CN(C2CCN(C(=O)C(=C[NH3+])c3ccccc3N)CC2)CCC1Cc1ccc(Cl)c(Cl)c1. The first-order valence-electron chi connectivity index (χ1n) is 12.2. The Kier molecular flexibility index (Phi) is 8.20. The third kappa shape index (κ3) is 5.60. The maximum absolute atomic E-state index is 13.2. The van der Waals surface area contributed by atoms with Crippen LogP contribution in [-0.2, 0) is 11.2 Å². The molecule has 2 heterocycles. The standard InChI is InChI=1S/C27H34Cl2N4O/c1-18-17-33(11-8-20(18)14-19-6-7-24(28)25(29)15-19)21-9-12-32(13-10-21)27(34)23(16-30)22-4-2-3-5-26(22)31/h2-7,15-16,18,20-21H,8-14,17,30-31H2,1H3/p+1. The van der Waals surface area contributed by atoms with E-state index in [1.807, 2.05) is 41.3 Å². The van der Waals surface area contributed by atoms with Crippen molar-refractivity contribution in [1.29, 1.82) is 0 Å². The summed E-state index contributed by atoms with van der Waals surface area (Å²) in [4.78, 5) is 17.8. The van der Waals surface area contributed by atoms with Crippen LogP contribution in [0.1, 0.15) is 37.3 Å². The molecule has 5 N–H and O–H groups in total. The molecule has 2 aromatic rings. The number of anilines is 1. The second-order valence-electron chi connectivity index (χ2n) is 9.70. The van der Waals surface area contributed by atoms with E-state index in [-0.39, 0.29) is 5.91 Å². The Balaban J connectivity index is 1.30. The highest BCUT2D eigenvalue weighted by molar-refractivity contribution is 6.42. The Morgan fingerprint density at radius 1 is 1.09 bits per heavy atom. The van der Waals surface area contributed by atoms with Gasteiger partial charge in [-0.15, -0.1) is 0 Å². The highest BCUT2D eigenvalue weighted by atomic mass is 35.5. The maximum atomic E-state index is 13.2. The molecule has 0 bridgehead atoms. The van der Waals surface area contributed by atoms with Crippen molar-refractivity contribution in [3.8, 4) is 0 Å². The zero-order chi connectivity index (χ0) is 24.2. The predicted octanol–water partition coefficient (Wildman–Crippen LogP) is 4.35. The number of nitrogens with zero attached hydrogens (tertiary/aromatic N) is 2. The number of para-hydroxylation sites is 1. The molecule has 2 unspecified atom stereocenters. The second-order valence-corrected chi connectivity index (χ2v) is 10.5. The van der Waals surface area contributed by atoms with Crippen LogP contribution in [0.15, 0.2) is 48.7 Å². The van der Waals surface area contributed by atoms with Gasteiger partial charge >= 0.3 is 0 Å². The summed E-state index contributed by atoms with van der Waals surface area (Å²) in [5.41, 5.74) is 13.2. The van der Waals surface area contributed by atoms with Crippen molar-refractivity contribution in [3.63, 3.8) is 0 Å². The quantitative estimate of drug-likeness (QED) is 0.472. The number of halogens is 2. The van der Waals surface area contributed by atoms with Crippen molar-refractivity contribution < 1.29 is 10.5 Å². The Bertz CT molecular complexity index is 1050. The van der Waals surface area contributed by atoms with Gasteiger partial charge in [0.25, 0.3) is 5.91 Å². The summed E-state index contributed by atoms with van der Waals surface area (Å²) in [5.74, 6) is 1.29. The molecule has 2 aliphatic rings. The Hall–Kier alpha value is -2.05. The monoisotopic (exact) mass is 501 g/mol. The van der Waals surface area contributed by atoms with E-state index >= 15 is 0 Å². The highest BCUT2D eigenvalue weighted by Gasteiger charge is 2.33. The van der Waals surface area contributed by atoms with E-state index in [4.69, 9.17) is 28.9 Å². The number of hydrogen-bond acceptors (Lipinski definition) is 3. The van der Waals surface area contributed by atoms with Crippen molar-refractivity contribution in [2.24, 2.45) is 11.8 Å². The fraction of sp³-hybridized carbons (Fsp3) is 0.444. The zero-order valence-electron chi connectivity index (χ0n) is 19.9. The van der Waals surface area contributed by atoms with Crippen LogP contribution >= 0.6 is 23.2 Å². The van der Waals surface area contributed by atoms with Crippen LogP contribution in [0.5, 0.6) is 0 Å². The molecule has 4 rings (SSSR count). The lowest BCUT2D eigenvalue weighted by Gasteiger charge is -2.44. The molecule has 2 atom stereocenters.